The average molecular weight is 145 g/mol. The zero-order valence-electron chi connectivity index (χ0n) is 5.39. The van der Waals surface area contributed by atoms with E-state index in [1.165, 1.54) is 0 Å². The summed E-state index contributed by atoms with van der Waals surface area (Å²) in [5, 5.41) is 9.52. The van der Waals surface area contributed by atoms with Crippen LogP contribution >= 0.6 is 0 Å². The Hall–Kier alpha value is -0.770. The second-order valence-electron chi connectivity index (χ2n) is 1.47. The van der Waals surface area contributed by atoms with E-state index in [1.54, 1.807) is 14.0 Å². The van der Waals surface area contributed by atoms with Crippen LogP contribution < -0.4 is 5.32 Å². The summed E-state index contributed by atoms with van der Waals surface area (Å²) in [4.78, 5) is 0.428. The summed E-state index contributed by atoms with van der Waals surface area (Å²) in [7, 11) is 1.72. The first-order chi connectivity index (χ1) is 4.26. The SMILES string of the molecule is CN/C(C)=C(\C=N)[S+]=O. The molecule has 0 saturated carbocycles. The van der Waals surface area contributed by atoms with E-state index >= 15 is 0 Å². The van der Waals surface area contributed by atoms with E-state index < -0.39 is 0 Å². The molecule has 9 heavy (non-hydrogen) atoms. The third-order valence-corrected chi connectivity index (χ3v) is 1.57. The van der Waals surface area contributed by atoms with Gasteiger partial charge in [0, 0.05) is 11.3 Å². The molecule has 0 rings (SSSR count). The molecular formula is C5H9N2OS+. The molecule has 0 aromatic heterocycles. The Balaban J connectivity index is 4.36. The number of nitrogens with one attached hydrogen (secondary N) is 2. The van der Waals surface area contributed by atoms with Crippen LogP contribution in [0, 0.1) is 5.41 Å². The van der Waals surface area contributed by atoms with Gasteiger partial charge in [-0.1, -0.05) is 0 Å². The fourth-order valence-corrected chi connectivity index (χ4v) is 0.593. The van der Waals surface area contributed by atoms with Gasteiger partial charge in [0.2, 0.25) is 0 Å². The van der Waals surface area contributed by atoms with Gasteiger partial charge in [-0.05, 0) is 6.92 Å². The van der Waals surface area contributed by atoms with Gasteiger partial charge in [0.15, 0.2) is 0 Å². The molecule has 0 aromatic carbocycles. The van der Waals surface area contributed by atoms with Gasteiger partial charge >= 0.3 is 16.6 Å². The average Bonchev–Trinajstić information content (AvgIpc) is 1.90. The standard InChI is InChI=1S/C5H9N2OS/c1-4(7-2)5(3-6)9-8/h3,6-7H,1-2H3/q+1/b5-4+,6-3?. The molecule has 0 fully saturated rings. The molecule has 0 aliphatic rings. The lowest BCUT2D eigenvalue weighted by atomic mass is 10.4. The molecule has 3 nitrogen and oxygen atoms in total. The maximum atomic E-state index is 10.1. The monoisotopic (exact) mass is 145 g/mol. The fourth-order valence-electron chi connectivity index (χ4n) is 0.318. The van der Waals surface area contributed by atoms with Crippen LogP contribution in [0.15, 0.2) is 10.6 Å². The summed E-state index contributed by atoms with van der Waals surface area (Å²) in [6.45, 7) is 1.76. The van der Waals surface area contributed by atoms with Crippen LogP contribution in [0.25, 0.3) is 0 Å². The number of allylic oxidation sites excluding steroid dienone is 2. The second-order valence-corrected chi connectivity index (χ2v) is 2.07. The molecule has 0 bridgehead atoms. The maximum absolute atomic E-state index is 10.1. The fraction of sp³-hybridized carbons (Fsp3) is 0.400. The van der Waals surface area contributed by atoms with Crippen molar-refractivity contribution >= 4 is 17.9 Å². The van der Waals surface area contributed by atoms with E-state index in [0.29, 0.717) is 16.6 Å². The lowest BCUT2D eigenvalue weighted by molar-refractivity contribution is 0.608. The van der Waals surface area contributed by atoms with Crippen molar-refractivity contribution in [2.45, 2.75) is 6.92 Å². The highest BCUT2D eigenvalue weighted by Crippen LogP contribution is 1.93. The predicted molar refractivity (Wildman–Crippen MR) is 38.6 cm³/mol. The topological polar surface area (TPSA) is 53.0 Å². The first-order valence-corrected chi connectivity index (χ1v) is 3.19. The van der Waals surface area contributed by atoms with E-state index in [-0.39, 0.29) is 0 Å². The van der Waals surface area contributed by atoms with Crippen molar-refractivity contribution in [3.63, 3.8) is 0 Å². The highest BCUT2D eigenvalue weighted by Gasteiger charge is 2.10. The van der Waals surface area contributed by atoms with Crippen molar-refractivity contribution in [3.8, 4) is 0 Å². The largest absolute Gasteiger partial charge is 0.508 e. The van der Waals surface area contributed by atoms with Crippen LogP contribution in [0.4, 0.5) is 0 Å². The van der Waals surface area contributed by atoms with Crippen molar-refractivity contribution in [3.05, 3.63) is 10.6 Å². The van der Waals surface area contributed by atoms with E-state index in [4.69, 9.17) is 5.41 Å². The van der Waals surface area contributed by atoms with Gasteiger partial charge in [-0.25, -0.2) is 0 Å². The van der Waals surface area contributed by atoms with Crippen LogP contribution in [0.2, 0.25) is 0 Å². The Bertz CT molecular complexity index is 143. The Labute approximate surface area is 58.2 Å². The summed E-state index contributed by atoms with van der Waals surface area (Å²) >= 11 is 0.327. The molecule has 0 atom stereocenters. The number of hydrogen-bond acceptors (Lipinski definition) is 3. The zero-order valence-corrected chi connectivity index (χ0v) is 6.21. The first kappa shape index (κ1) is 8.23. The van der Waals surface area contributed by atoms with Gasteiger partial charge in [-0.3, -0.25) is 0 Å². The quantitative estimate of drug-likeness (QED) is 0.449. The molecule has 0 unspecified atom stereocenters. The molecule has 0 amide bonds. The highest BCUT2D eigenvalue weighted by molar-refractivity contribution is 7.71. The van der Waals surface area contributed by atoms with Gasteiger partial charge in [-0.2, -0.15) is 0 Å². The maximum Gasteiger partial charge on any atom is 0.508 e. The summed E-state index contributed by atoms with van der Waals surface area (Å²) in [6, 6.07) is 0. The third-order valence-electron chi connectivity index (χ3n) is 0.965. The van der Waals surface area contributed by atoms with E-state index in [1.807, 2.05) is 0 Å². The zero-order chi connectivity index (χ0) is 7.28. The molecule has 4 heteroatoms. The van der Waals surface area contributed by atoms with Crippen molar-refractivity contribution in [2.75, 3.05) is 7.05 Å². The molecule has 0 spiro atoms. The van der Waals surface area contributed by atoms with Gasteiger partial charge in [-0.15, -0.1) is 0 Å². The van der Waals surface area contributed by atoms with Crippen molar-refractivity contribution in [2.24, 2.45) is 0 Å². The van der Waals surface area contributed by atoms with Crippen LogP contribution in [0.1, 0.15) is 6.92 Å². The predicted octanol–water partition coefficient (Wildman–Crippen LogP) is 0.515. The van der Waals surface area contributed by atoms with Crippen molar-refractivity contribution in [1.82, 2.24) is 5.32 Å². The minimum atomic E-state index is 0.327. The number of hydrogen-bond donors (Lipinski definition) is 2. The molecule has 0 aliphatic heterocycles. The summed E-state index contributed by atoms with van der Waals surface area (Å²) in [6.07, 6.45) is 1.05. The smallest absolute Gasteiger partial charge is 0.387 e. The summed E-state index contributed by atoms with van der Waals surface area (Å²) in [5.74, 6) is 0. The minimum Gasteiger partial charge on any atom is -0.387 e. The van der Waals surface area contributed by atoms with E-state index in [9.17, 15) is 4.21 Å². The normalized spacial score (nSPS) is 11.8. The third kappa shape index (κ3) is 2.32. The van der Waals surface area contributed by atoms with Crippen LogP contribution in [-0.2, 0) is 15.9 Å². The van der Waals surface area contributed by atoms with Gasteiger partial charge < -0.3 is 10.7 Å². The van der Waals surface area contributed by atoms with Crippen LogP contribution in [0.3, 0.4) is 0 Å². The lowest BCUT2D eigenvalue weighted by Crippen LogP contribution is -2.05. The summed E-state index contributed by atoms with van der Waals surface area (Å²) < 4.78 is 10.1. The number of rotatable bonds is 3. The van der Waals surface area contributed by atoms with Crippen molar-refractivity contribution in [1.29, 1.82) is 5.41 Å². The second kappa shape index (κ2) is 4.14. The van der Waals surface area contributed by atoms with E-state index in [2.05, 4.69) is 5.32 Å². The minimum absolute atomic E-state index is 0.327. The summed E-state index contributed by atoms with van der Waals surface area (Å²) in [5.41, 5.74) is 0.741. The van der Waals surface area contributed by atoms with Crippen molar-refractivity contribution < 1.29 is 4.21 Å². The highest BCUT2D eigenvalue weighted by atomic mass is 32.1. The lowest BCUT2D eigenvalue weighted by Gasteiger charge is -1.90. The molecule has 0 radical (unpaired) electrons. The van der Waals surface area contributed by atoms with Gasteiger partial charge in [0.1, 0.15) is 0 Å². The first-order valence-electron chi connectivity index (χ1n) is 2.45. The Morgan fingerprint density at radius 2 is 2.33 bits per heavy atom. The Morgan fingerprint density at radius 1 is 1.78 bits per heavy atom. The Morgan fingerprint density at radius 3 is 2.44 bits per heavy atom. The molecule has 0 aliphatic carbocycles. The van der Waals surface area contributed by atoms with Gasteiger partial charge in [0.05, 0.1) is 11.9 Å². The Kier molecular flexibility index (Phi) is 3.79. The van der Waals surface area contributed by atoms with Crippen LogP contribution in [0.5, 0.6) is 0 Å². The molecule has 0 aromatic rings. The molecule has 50 valence electrons. The van der Waals surface area contributed by atoms with Gasteiger partial charge in [0.25, 0.3) is 0 Å². The molecule has 0 saturated heterocycles. The molecule has 0 heterocycles. The van der Waals surface area contributed by atoms with Crippen LogP contribution in [-0.4, -0.2) is 13.3 Å². The molecule has 2 N–H and O–H groups in total. The van der Waals surface area contributed by atoms with E-state index in [0.717, 1.165) is 11.9 Å². The molecular weight excluding hydrogens is 136 g/mol.